The fraction of sp³-hybridized carbons (Fsp3) is 0.500. The molecule has 2 aromatic heterocycles. The molecule has 6 nitrogen and oxygen atoms in total. The van der Waals surface area contributed by atoms with Gasteiger partial charge in [-0.2, -0.15) is 5.10 Å². The molecule has 0 aromatic carbocycles. The fourth-order valence-electron chi connectivity index (χ4n) is 2.43. The van der Waals surface area contributed by atoms with Crippen LogP contribution in [0.4, 0.5) is 5.69 Å². The Morgan fingerprint density at radius 3 is 2.79 bits per heavy atom. The van der Waals surface area contributed by atoms with Gasteiger partial charge in [0, 0.05) is 6.42 Å². The highest BCUT2D eigenvalue weighted by Gasteiger charge is 2.24. The lowest BCUT2D eigenvalue weighted by molar-refractivity contribution is 0.454. The molecule has 1 aliphatic rings. The summed E-state index contributed by atoms with van der Waals surface area (Å²) in [7, 11) is -2.80. The summed E-state index contributed by atoms with van der Waals surface area (Å²) in [4.78, 5) is 4.43. The highest BCUT2D eigenvalue weighted by atomic mass is 32.2. The third-order valence-electron chi connectivity index (χ3n) is 3.54. The Kier molecular flexibility index (Phi) is 2.93. The number of hydrogen-bond donors (Lipinski definition) is 1. The number of nitrogens with zero attached hydrogens (tertiary/aromatic N) is 3. The molecule has 1 aliphatic heterocycles. The van der Waals surface area contributed by atoms with Crippen LogP contribution >= 0.6 is 0 Å². The van der Waals surface area contributed by atoms with Crippen LogP contribution in [0.15, 0.2) is 18.3 Å². The number of nitrogen functional groups attached to an aromatic ring is 1. The van der Waals surface area contributed by atoms with Crippen molar-refractivity contribution in [2.45, 2.75) is 19.3 Å². The van der Waals surface area contributed by atoms with Gasteiger partial charge in [-0.3, -0.25) is 0 Å². The summed E-state index contributed by atoms with van der Waals surface area (Å²) < 4.78 is 24.4. The number of pyridine rings is 1. The summed E-state index contributed by atoms with van der Waals surface area (Å²) in [6, 6.07) is 3.62. The van der Waals surface area contributed by atoms with Gasteiger partial charge < -0.3 is 5.73 Å². The minimum absolute atomic E-state index is 0.290. The van der Waals surface area contributed by atoms with Gasteiger partial charge in [-0.05, 0) is 30.9 Å². The summed E-state index contributed by atoms with van der Waals surface area (Å²) in [5.74, 6) is 1.70. The number of rotatable bonds is 2. The molecule has 7 heteroatoms. The normalized spacial score (nSPS) is 19.8. The number of anilines is 1. The molecule has 2 N–H and O–H groups in total. The average molecular weight is 280 g/mol. The highest BCUT2D eigenvalue weighted by Crippen LogP contribution is 2.22. The van der Waals surface area contributed by atoms with Crippen LogP contribution in [0.1, 0.15) is 18.7 Å². The molecular weight excluding hydrogens is 264 g/mol. The largest absolute Gasteiger partial charge is 0.397 e. The molecule has 0 amide bonds. The Labute approximate surface area is 111 Å². The van der Waals surface area contributed by atoms with E-state index in [2.05, 4.69) is 10.1 Å². The average Bonchev–Trinajstić information content (AvgIpc) is 2.73. The number of aromatic nitrogens is 3. The van der Waals surface area contributed by atoms with Crippen LogP contribution in [0, 0.1) is 5.92 Å². The van der Waals surface area contributed by atoms with Gasteiger partial charge in [0.2, 0.25) is 0 Å². The minimum atomic E-state index is -2.80. The van der Waals surface area contributed by atoms with E-state index in [0.717, 1.165) is 17.9 Å². The van der Waals surface area contributed by atoms with Gasteiger partial charge in [-0.1, -0.05) is 0 Å². The summed E-state index contributed by atoms with van der Waals surface area (Å²) in [5, 5.41) is 4.38. The summed E-state index contributed by atoms with van der Waals surface area (Å²) >= 11 is 0. The van der Waals surface area contributed by atoms with Crippen molar-refractivity contribution >= 4 is 21.2 Å². The Bertz CT molecular complexity index is 694. The third kappa shape index (κ3) is 2.70. The van der Waals surface area contributed by atoms with Gasteiger partial charge in [-0.25, -0.2) is 17.9 Å². The number of sulfone groups is 1. The van der Waals surface area contributed by atoms with Crippen LogP contribution in [-0.2, 0) is 16.3 Å². The molecule has 0 bridgehead atoms. The zero-order valence-corrected chi connectivity index (χ0v) is 11.3. The van der Waals surface area contributed by atoms with Crippen molar-refractivity contribution in [3.05, 3.63) is 24.2 Å². The zero-order valence-electron chi connectivity index (χ0n) is 10.5. The lowest BCUT2D eigenvalue weighted by Crippen LogP contribution is -2.24. The Morgan fingerprint density at radius 1 is 1.32 bits per heavy atom. The van der Waals surface area contributed by atoms with Crippen molar-refractivity contribution in [2.24, 2.45) is 5.92 Å². The smallest absolute Gasteiger partial charge is 0.155 e. The second-order valence-corrected chi connectivity index (χ2v) is 7.40. The molecule has 3 heterocycles. The van der Waals surface area contributed by atoms with Gasteiger partial charge >= 0.3 is 0 Å². The van der Waals surface area contributed by atoms with Crippen molar-refractivity contribution in [2.75, 3.05) is 17.2 Å². The summed E-state index contributed by atoms with van der Waals surface area (Å²) in [6.07, 6.45) is 3.88. The summed E-state index contributed by atoms with van der Waals surface area (Å²) in [5.41, 5.74) is 7.11. The maximum Gasteiger partial charge on any atom is 0.155 e. The van der Waals surface area contributed by atoms with Crippen molar-refractivity contribution < 1.29 is 8.42 Å². The lowest BCUT2D eigenvalue weighted by Gasteiger charge is -2.20. The minimum Gasteiger partial charge on any atom is -0.397 e. The molecule has 102 valence electrons. The molecule has 1 saturated heterocycles. The first-order chi connectivity index (χ1) is 9.02. The summed E-state index contributed by atoms with van der Waals surface area (Å²) in [6.45, 7) is 0. The van der Waals surface area contributed by atoms with Crippen LogP contribution in [0.2, 0.25) is 0 Å². The van der Waals surface area contributed by atoms with E-state index in [1.165, 1.54) is 0 Å². The lowest BCUT2D eigenvalue weighted by atomic mass is 9.99. The van der Waals surface area contributed by atoms with E-state index in [0.29, 0.717) is 24.4 Å². The molecule has 0 aliphatic carbocycles. The van der Waals surface area contributed by atoms with Gasteiger partial charge in [0.1, 0.15) is 9.84 Å². The van der Waals surface area contributed by atoms with E-state index < -0.39 is 9.84 Å². The topological polar surface area (TPSA) is 90.3 Å². The second-order valence-electron chi connectivity index (χ2n) is 5.09. The van der Waals surface area contributed by atoms with Crippen molar-refractivity contribution in [3.63, 3.8) is 0 Å². The third-order valence-corrected chi connectivity index (χ3v) is 5.26. The molecule has 0 atom stereocenters. The van der Waals surface area contributed by atoms with E-state index in [4.69, 9.17) is 5.73 Å². The first-order valence-corrected chi connectivity index (χ1v) is 8.15. The van der Waals surface area contributed by atoms with Gasteiger partial charge in [-0.15, -0.1) is 0 Å². The SMILES string of the molecule is Nc1ccc2nc(CC3CCS(=O)(=O)CC3)nn2c1. The molecule has 0 radical (unpaired) electrons. The van der Waals surface area contributed by atoms with E-state index in [1.807, 2.05) is 6.07 Å². The monoisotopic (exact) mass is 280 g/mol. The zero-order chi connectivity index (χ0) is 13.5. The molecule has 0 unspecified atom stereocenters. The quantitative estimate of drug-likeness (QED) is 0.873. The molecular formula is C12H16N4O2S. The van der Waals surface area contributed by atoms with Crippen molar-refractivity contribution in [3.8, 4) is 0 Å². The van der Waals surface area contributed by atoms with Crippen LogP contribution in [0.25, 0.3) is 5.65 Å². The van der Waals surface area contributed by atoms with Gasteiger partial charge in [0.15, 0.2) is 11.5 Å². The number of nitrogens with two attached hydrogens (primary N) is 1. The van der Waals surface area contributed by atoms with Crippen molar-refractivity contribution in [1.82, 2.24) is 14.6 Å². The number of fused-ring (bicyclic) bond motifs is 1. The Hall–Kier alpha value is -1.63. The van der Waals surface area contributed by atoms with Gasteiger partial charge in [0.05, 0.1) is 23.4 Å². The standard InChI is InChI=1S/C12H16N4O2S/c13-10-1-2-12-14-11(15-16(12)8-10)7-9-3-5-19(17,18)6-4-9/h1-2,8-9H,3-7,13H2. The van der Waals surface area contributed by atoms with E-state index in [1.54, 1.807) is 16.8 Å². The fourth-order valence-corrected chi connectivity index (χ4v) is 4.02. The molecule has 0 spiro atoms. The van der Waals surface area contributed by atoms with E-state index in [9.17, 15) is 8.42 Å². The molecule has 0 saturated carbocycles. The first kappa shape index (κ1) is 12.4. The Balaban J connectivity index is 1.75. The predicted molar refractivity (Wildman–Crippen MR) is 72.5 cm³/mol. The maximum absolute atomic E-state index is 11.4. The van der Waals surface area contributed by atoms with E-state index in [-0.39, 0.29) is 11.5 Å². The van der Waals surface area contributed by atoms with Crippen LogP contribution < -0.4 is 5.73 Å². The Morgan fingerprint density at radius 2 is 2.05 bits per heavy atom. The first-order valence-electron chi connectivity index (χ1n) is 6.33. The van der Waals surface area contributed by atoms with Crippen LogP contribution in [0.5, 0.6) is 0 Å². The second kappa shape index (κ2) is 4.48. The van der Waals surface area contributed by atoms with Crippen molar-refractivity contribution in [1.29, 1.82) is 0 Å². The molecule has 3 rings (SSSR count). The molecule has 19 heavy (non-hydrogen) atoms. The van der Waals surface area contributed by atoms with Crippen LogP contribution in [-0.4, -0.2) is 34.5 Å². The van der Waals surface area contributed by atoms with Crippen LogP contribution in [0.3, 0.4) is 0 Å². The van der Waals surface area contributed by atoms with Gasteiger partial charge in [0.25, 0.3) is 0 Å². The molecule has 1 fully saturated rings. The number of hydrogen-bond acceptors (Lipinski definition) is 5. The predicted octanol–water partition coefficient (Wildman–Crippen LogP) is 0.679. The maximum atomic E-state index is 11.4. The highest BCUT2D eigenvalue weighted by molar-refractivity contribution is 7.91. The molecule has 2 aromatic rings. The van der Waals surface area contributed by atoms with E-state index >= 15 is 0 Å².